The first kappa shape index (κ1) is 17.1. The molecule has 10 nitrogen and oxygen atoms in total. The molecule has 0 spiro atoms. The van der Waals surface area contributed by atoms with Gasteiger partial charge in [-0.15, -0.1) is 0 Å². The highest BCUT2D eigenvalue weighted by molar-refractivity contribution is 7.89. The number of nitriles is 1. The van der Waals surface area contributed by atoms with E-state index in [1.807, 2.05) is 6.07 Å². The molecule has 0 aliphatic rings. The fourth-order valence-electron chi connectivity index (χ4n) is 2.59. The first-order chi connectivity index (χ1) is 11.4. The summed E-state index contributed by atoms with van der Waals surface area (Å²) in [6.45, 7) is 1.53. The van der Waals surface area contributed by atoms with Crippen LogP contribution in [0.1, 0.15) is 11.1 Å². The molecule has 0 aliphatic carbocycles. The lowest BCUT2D eigenvalue weighted by Gasteiger charge is -2.05. The van der Waals surface area contributed by atoms with E-state index in [1.54, 1.807) is 0 Å². The summed E-state index contributed by atoms with van der Waals surface area (Å²) in [6, 6.07) is 4.54. The number of imidazole rings is 1. The molecule has 0 unspecified atom stereocenters. The third-order valence-electron chi connectivity index (χ3n) is 3.64. The summed E-state index contributed by atoms with van der Waals surface area (Å²) < 4.78 is 65.4. The van der Waals surface area contributed by atoms with Gasteiger partial charge in [0, 0.05) is 6.07 Å². The quantitative estimate of drug-likeness (QED) is 0.536. The number of nitrogens with zero attached hydrogens (tertiary/aromatic N) is 2. The topological polar surface area (TPSA) is 170 Å². The van der Waals surface area contributed by atoms with E-state index in [0.717, 1.165) is 22.6 Å². The minimum absolute atomic E-state index is 0.0243. The van der Waals surface area contributed by atoms with Crippen LogP contribution in [-0.4, -0.2) is 35.3 Å². The maximum Gasteiger partial charge on any atom is 0.295 e. The number of fused-ring (bicyclic) bond motifs is 3. The van der Waals surface area contributed by atoms with E-state index in [-0.39, 0.29) is 22.2 Å². The first-order valence-electron chi connectivity index (χ1n) is 6.52. The smallest absolute Gasteiger partial charge is 0.295 e. The van der Waals surface area contributed by atoms with Crippen molar-refractivity contribution in [2.75, 3.05) is 0 Å². The Bertz CT molecular complexity index is 1370. The van der Waals surface area contributed by atoms with Crippen LogP contribution in [0.4, 0.5) is 0 Å². The van der Waals surface area contributed by atoms with Gasteiger partial charge >= 0.3 is 0 Å². The molecule has 25 heavy (non-hydrogen) atoms. The van der Waals surface area contributed by atoms with Crippen molar-refractivity contribution in [3.63, 3.8) is 0 Å². The molecule has 0 amide bonds. The molecular formula is C13H9N3O7S2. The Hall–Kier alpha value is -2.72. The zero-order valence-electron chi connectivity index (χ0n) is 12.4. The van der Waals surface area contributed by atoms with E-state index in [2.05, 4.69) is 4.98 Å². The van der Waals surface area contributed by atoms with Crippen molar-refractivity contribution < 1.29 is 25.9 Å². The summed E-state index contributed by atoms with van der Waals surface area (Å²) in [5.74, 6) is 0. The minimum Gasteiger partial charge on any atom is -0.338 e. The predicted molar refractivity (Wildman–Crippen MR) is 84.6 cm³/mol. The lowest BCUT2D eigenvalue weighted by Crippen LogP contribution is -2.14. The number of aromatic nitrogens is 2. The molecule has 3 aromatic rings. The number of rotatable bonds is 2. The van der Waals surface area contributed by atoms with Crippen LogP contribution in [0.5, 0.6) is 0 Å². The van der Waals surface area contributed by atoms with Crippen LogP contribution in [0.2, 0.25) is 0 Å². The molecule has 12 heteroatoms. The van der Waals surface area contributed by atoms with Crippen LogP contribution in [0.3, 0.4) is 0 Å². The molecule has 0 aliphatic heterocycles. The summed E-state index contributed by atoms with van der Waals surface area (Å²) >= 11 is 0. The molecule has 0 saturated heterocycles. The van der Waals surface area contributed by atoms with Crippen molar-refractivity contribution in [3.05, 3.63) is 39.7 Å². The van der Waals surface area contributed by atoms with E-state index >= 15 is 0 Å². The average Bonchev–Trinajstić information content (AvgIpc) is 2.83. The van der Waals surface area contributed by atoms with Crippen LogP contribution < -0.4 is 5.56 Å². The molecule has 130 valence electrons. The summed E-state index contributed by atoms with van der Waals surface area (Å²) in [5, 5.41) is 9.24. The van der Waals surface area contributed by atoms with Crippen molar-refractivity contribution in [1.29, 1.82) is 5.26 Å². The van der Waals surface area contributed by atoms with E-state index in [0.29, 0.717) is 5.56 Å². The number of benzene rings is 1. The third kappa shape index (κ3) is 2.59. The standard InChI is InChI=1S/C13H9N3O7S2/c1-6-2-12(17)16-9-4-11(25(21,22)23)10(24(18,19)20)3-8(9)15-13(16)7(6)5-14/h2-4,15H,1H3,(H,18,19,20)(H,21,22,23). The Morgan fingerprint density at radius 2 is 1.64 bits per heavy atom. The molecule has 0 atom stereocenters. The maximum atomic E-state index is 12.2. The Labute approximate surface area is 140 Å². The summed E-state index contributed by atoms with van der Waals surface area (Å²) in [4.78, 5) is 12.8. The lowest BCUT2D eigenvalue weighted by molar-refractivity contribution is 0.467. The SMILES string of the molecule is Cc1cc(=O)n2c([nH]c3cc(S(=O)(=O)O)c(S(=O)(=O)O)cc32)c1C#N. The number of aryl methyl sites for hydroxylation is 1. The van der Waals surface area contributed by atoms with Gasteiger partial charge in [-0.3, -0.25) is 18.3 Å². The normalized spacial score (nSPS) is 12.6. The van der Waals surface area contributed by atoms with Gasteiger partial charge in [-0.1, -0.05) is 0 Å². The molecule has 0 radical (unpaired) electrons. The summed E-state index contributed by atoms with van der Waals surface area (Å²) in [6.07, 6.45) is 0. The molecular weight excluding hydrogens is 374 g/mol. The number of H-pyrrole nitrogens is 1. The van der Waals surface area contributed by atoms with Crippen LogP contribution in [0.25, 0.3) is 16.7 Å². The Balaban J connectivity index is 2.67. The van der Waals surface area contributed by atoms with Crippen LogP contribution in [0.15, 0.2) is 32.8 Å². The van der Waals surface area contributed by atoms with Gasteiger partial charge in [0.2, 0.25) is 0 Å². The third-order valence-corrected chi connectivity index (χ3v) is 5.56. The fraction of sp³-hybridized carbons (Fsp3) is 0.0769. The van der Waals surface area contributed by atoms with Crippen LogP contribution in [0, 0.1) is 18.3 Å². The van der Waals surface area contributed by atoms with E-state index in [4.69, 9.17) is 0 Å². The van der Waals surface area contributed by atoms with Gasteiger partial charge < -0.3 is 4.98 Å². The molecule has 2 heterocycles. The second kappa shape index (κ2) is 5.14. The van der Waals surface area contributed by atoms with Gasteiger partial charge in [0.15, 0.2) is 0 Å². The molecule has 0 fully saturated rings. The molecule has 3 rings (SSSR count). The number of hydrogen-bond donors (Lipinski definition) is 3. The summed E-state index contributed by atoms with van der Waals surface area (Å²) in [5.41, 5.74) is -0.229. The Morgan fingerprint density at radius 3 is 2.16 bits per heavy atom. The number of nitrogens with one attached hydrogen (secondary N) is 1. The molecule has 2 aromatic heterocycles. The van der Waals surface area contributed by atoms with Gasteiger partial charge in [0.25, 0.3) is 25.8 Å². The molecule has 0 saturated carbocycles. The Kier molecular flexibility index (Phi) is 3.52. The van der Waals surface area contributed by atoms with Crippen LogP contribution >= 0.6 is 0 Å². The number of aromatic amines is 1. The highest BCUT2D eigenvalue weighted by Gasteiger charge is 2.26. The second-order valence-electron chi connectivity index (χ2n) is 5.23. The Morgan fingerprint density at radius 1 is 1.08 bits per heavy atom. The van der Waals surface area contributed by atoms with Gasteiger partial charge in [-0.25, -0.2) is 0 Å². The molecule has 1 aromatic carbocycles. The highest BCUT2D eigenvalue weighted by atomic mass is 32.2. The first-order valence-corrected chi connectivity index (χ1v) is 9.40. The average molecular weight is 383 g/mol. The van der Waals surface area contributed by atoms with Crippen molar-refractivity contribution in [3.8, 4) is 6.07 Å². The monoisotopic (exact) mass is 383 g/mol. The largest absolute Gasteiger partial charge is 0.338 e. The van der Waals surface area contributed by atoms with Crippen molar-refractivity contribution in [2.24, 2.45) is 0 Å². The molecule has 0 bridgehead atoms. The van der Waals surface area contributed by atoms with E-state index < -0.39 is 35.6 Å². The van der Waals surface area contributed by atoms with Crippen molar-refractivity contribution >= 4 is 36.9 Å². The zero-order valence-corrected chi connectivity index (χ0v) is 14.0. The fourth-order valence-corrected chi connectivity index (χ4v) is 4.38. The number of hydrogen-bond acceptors (Lipinski definition) is 6. The van der Waals surface area contributed by atoms with E-state index in [9.17, 15) is 36.0 Å². The predicted octanol–water partition coefficient (Wildman–Crippen LogP) is 0.454. The number of pyridine rings is 1. The van der Waals surface area contributed by atoms with Crippen LogP contribution in [-0.2, 0) is 20.2 Å². The van der Waals surface area contributed by atoms with Gasteiger partial charge in [0.1, 0.15) is 21.5 Å². The van der Waals surface area contributed by atoms with Gasteiger partial charge in [-0.05, 0) is 24.6 Å². The highest BCUT2D eigenvalue weighted by Crippen LogP contribution is 2.28. The maximum absolute atomic E-state index is 12.2. The lowest BCUT2D eigenvalue weighted by atomic mass is 10.2. The van der Waals surface area contributed by atoms with Gasteiger partial charge in [-0.2, -0.15) is 22.1 Å². The van der Waals surface area contributed by atoms with E-state index in [1.165, 1.54) is 6.92 Å². The molecule has 3 N–H and O–H groups in total. The van der Waals surface area contributed by atoms with Gasteiger partial charge in [0.05, 0.1) is 16.6 Å². The summed E-state index contributed by atoms with van der Waals surface area (Å²) in [7, 11) is -10.0. The second-order valence-corrected chi connectivity index (χ2v) is 8.01. The van der Waals surface area contributed by atoms with Crippen molar-refractivity contribution in [1.82, 2.24) is 9.38 Å². The van der Waals surface area contributed by atoms with Crippen molar-refractivity contribution in [2.45, 2.75) is 16.7 Å². The zero-order chi connectivity index (χ0) is 18.7. The minimum atomic E-state index is -5.02.